The Kier molecular flexibility index (Phi) is 3.66. The van der Waals surface area contributed by atoms with Gasteiger partial charge in [-0.25, -0.2) is 0 Å². The topological polar surface area (TPSA) is 57.6 Å². The van der Waals surface area contributed by atoms with Crippen LogP contribution in [0.4, 0.5) is 0 Å². The molecule has 5 heteroatoms. The van der Waals surface area contributed by atoms with Crippen LogP contribution in [0.15, 0.2) is 24.3 Å². The fourth-order valence-corrected chi connectivity index (χ4v) is 3.52. The lowest BCUT2D eigenvalue weighted by atomic mass is 9.94. The summed E-state index contributed by atoms with van der Waals surface area (Å²) in [6, 6.07) is 7.30. The maximum atomic E-state index is 12.9. The van der Waals surface area contributed by atoms with Crippen LogP contribution in [0.25, 0.3) is 0 Å². The maximum absolute atomic E-state index is 12.9. The number of benzene rings is 1. The van der Waals surface area contributed by atoms with Crippen LogP contribution >= 0.6 is 11.6 Å². The predicted molar refractivity (Wildman–Crippen MR) is 79.4 cm³/mol. The van der Waals surface area contributed by atoms with E-state index in [2.05, 4.69) is 0 Å². The highest BCUT2D eigenvalue weighted by Crippen LogP contribution is 2.51. The molecule has 1 aliphatic carbocycles. The molecule has 0 spiro atoms. The van der Waals surface area contributed by atoms with Crippen molar-refractivity contribution in [2.75, 3.05) is 6.54 Å². The molecule has 0 bridgehead atoms. The summed E-state index contributed by atoms with van der Waals surface area (Å²) in [4.78, 5) is 25.7. The van der Waals surface area contributed by atoms with Gasteiger partial charge < -0.3 is 10.0 Å². The normalized spacial score (nSPS) is 23.1. The summed E-state index contributed by atoms with van der Waals surface area (Å²) in [6.45, 7) is 0.666. The Bertz CT molecular complexity index is 583. The fraction of sp³-hybridized carbons (Fsp3) is 0.500. The minimum Gasteiger partial charge on any atom is -0.481 e. The van der Waals surface area contributed by atoms with Gasteiger partial charge in [0.15, 0.2) is 0 Å². The monoisotopic (exact) mass is 307 g/mol. The lowest BCUT2D eigenvalue weighted by Gasteiger charge is -2.28. The van der Waals surface area contributed by atoms with Gasteiger partial charge in [0.1, 0.15) is 0 Å². The number of carboxylic acid groups (broad SMARTS) is 1. The zero-order valence-corrected chi connectivity index (χ0v) is 12.5. The number of carbonyl (C=O) groups excluding carboxylic acids is 1. The zero-order valence-electron chi connectivity index (χ0n) is 11.7. The van der Waals surface area contributed by atoms with Crippen LogP contribution in [-0.4, -0.2) is 34.5 Å². The molecule has 1 unspecified atom stereocenters. The van der Waals surface area contributed by atoms with Crippen LogP contribution in [-0.2, 0) is 15.0 Å². The molecule has 0 aromatic heterocycles. The van der Waals surface area contributed by atoms with Crippen LogP contribution < -0.4 is 0 Å². The molecule has 1 aliphatic heterocycles. The number of rotatable bonds is 4. The van der Waals surface area contributed by atoms with Crippen molar-refractivity contribution >= 4 is 23.5 Å². The van der Waals surface area contributed by atoms with Gasteiger partial charge in [0, 0.05) is 17.6 Å². The molecule has 21 heavy (non-hydrogen) atoms. The van der Waals surface area contributed by atoms with E-state index in [0.29, 0.717) is 11.6 Å². The summed E-state index contributed by atoms with van der Waals surface area (Å²) in [6.07, 6.45) is 3.35. The van der Waals surface area contributed by atoms with Crippen LogP contribution in [0.2, 0.25) is 5.02 Å². The van der Waals surface area contributed by atoms with E-state index in [1.165, 1.54) is 0 Å². The molecule has 1 heterocycles. The third kappa shape index (κ3) is 2.64. The Labute approximate surface area is 128 Å². The molecule has 3 rings (SSSR count). The smallest absolute Gasteiger partial charge is 0.305 e. The van der Waals surface area contributed by atoms with Gasteiger partial charge >= 0.3 is 5.97 Å². The second-order valence-corrected chi connectivity index (χ2v) is 6.42. The number of aliphatic carboxylic acids is 1. The van der Waals surface area contributed by atoms with Gasteiger partial charge in [-0.1, -0.05) is 23.7 Å². The quantitative estimate of drug-likeness (QED) is 0.930. The van der Waals surface area contributed by atoms with Crippen molar-refractivity contribution in [3.8, 4) is 0 Å². The Morgan fingerprint density at radius 2 is 2.14 bits per heavy atom. The molecular weight excluding hydrogens is 290 g/mol. The molecule has 1 saturated carbocycles. The molecule has 2 fully saturated rings. The van der Waals surface area contributed by atoms with Crippen molar-refractivity contribution in [1.82, 2.24) is 4.90 Å². The molecule has 4 nitrogen and oxygen atoms in total. The predicted octanol–water partition coefficient (Wildman–Crippen LogP) is 2.84. The summed E-state index contributed by atoms with van der Waals surface area (Å²) in [5.41, 5.74) is 0.493. The number of amides is 1. The number of halogens is 1. The summed E-state index contributed by atoms with van der Waals surface area (Å²) >= 11 is 6.04. The molecule has 1 aromatic rings. The number of nitrogens with zero attached hydrogens (tertiary/aromatic N) is 1. The first kappa shape index (κ1) is 14.4. The first-order valence-corrected chi connectivity index (χ1v) is 7.70. The minimum absolute atomic E-state index is 0.0391. The first-order valence-electron chi connectivity index (χ1n) is 7.32. The van der Waals surface area contributed by atoms with E-state index < -0.39 is 11.4 Å². The summed E-state index contributed by atoms with van der Waals surface area (Å²) in [5, 5.41) is 9.62. The van der Waals surface area contributed by atoms with Gasteiger partial charge in [0.2, 0.25) is 5.91 Å². The third-order valence-corrected chi connectivity index (χ3v) is 4.82. The maximum Gasteiger partial charge on any atom is 0.305 e. The van der Waals surface area contributed by atoms with Gasteiger partial charge in [-0.2, -0.15) is 0 Å². The van der Waals surface area contributed by atoms with Crippen LogP contribution in [0.3, 0.4) is 0 Å². The summed E-state index contributed by atoms with van der Waals surface area (Å²) in [7, 11) is 0. The Hall–Kier alpha value is -1.55. The number of carboxylic acids is 1. The van der Waals surface area contributed by atoms with E-state index in [9.17, 15) is 9.59 Å². The van der Waals surface area contributed by atoms with Crippen molar-refractivity contribution < 1.29 is 14.7 Å². The summed E-state index contributed by atoms with van der Waals surface area (Å²) < 4.78 is 0. The van der Waals surface area contributed by atoms with Gasteiger partial charge in [0.05, 0.1) is 11.8 Å². The SMILES string of the molecule is O=C(O)CC1CCCN1C(=O)C1(c2cccc(Cl)c2)CC1. The van der Waals surface area contributed by atoms with Gasteiger partial charge in [-0.15, -0.1) is 0 Å². The number of hydrogen-bond donors (Lipinski definition) is 1. The molecule has 1 saturated heterocycles. The van der Waals surface area contributed by atoms with Crippen molar-refractivity contribution in [3.63, 3.8) is 0 Å². The van der Waals surface area contributed by atoms with Crippen LogP contribution in [0, 0.1) is 0 Å². The van der Waals surface area contributed by atoms with E-state index in [0.717, 1.165) is 31.2 Å². The van der Waals surface area contributed by atoms with E-state index >= 15 is 0 Å². The number of carbonyl (C=O) groups is 2. The average Bonchev–Trinajstić information content (AvgIpc) is 3.13. The zero-order chi connectivity index (χ0) is 15.0. The molecular formula is C16H18ClNO3. The van der Waals surface area contributed by atoms with E-state index in [1.807, 2.05) is 18.2 Å². The van der Waals surface area contributed by atoms with Gasteiger partial charge in [-0.05, 0) is 43.4 Å². The molecule has 0 radical (unpaired) electrons. The van der Waals surface area contributed by atoms with Crippen molar-refractivity contribution in [2.24, 2.45) is 0 Å². The van der Waals surface area contributed by atoms with E-state index in [-0.39, 0.29) is 18.4 Å². The fourth-order valence-electron chi connectivity index (χ4n) is 3.33. The Morgan fingerprint density at radius 3 is 2.76 bits per heavy atom. The number of hydrogen-bond acceptors (Lipinski definition) is 2. The second-order valence-electron chi connectivity index (χ2n) is 5.98. The largest absolute Gasteiger partial charge is 0.481 e. The molecule has 1 N–H and O–H groups in total. The minimum atomic E-state index is -0.840. The molecule has 2 aliphatic rings. The number of likely N-dealkylation sites (tertiary alicyclic amines) is 1. The Balaban J connectivity index is 1.83. The van der Waals surface area contributed by atoms with Crippen molar-refractivity contribution in [3.05, 3.63) is 34.9 Å². The van der Waals surface area contributed by atoms with E-state index in [1.54, 1.807) is 11.0 Å². The average molecular weight is 308 g/mol. The van der Waals surface area contributed by atoms with Crippen molar-refractivity contribution in [1.29, 1.82) is 0 Å². The molecule has 1 amide bonds. The van der Waals surface area contributed by atoms with Crippen molar-refractivity contribution in [2.45, 2.75) is 43.6 Å². The highest BCUT2D eigenvalue weighted by atomic mass is 35.5. The summed E-state index contributed by atoms with van der Waals surface area (Å²) in [5.74, 6) is -0.763. The highest BCUT2D eigenvalue weighted by Gasteiger charge is 2.54. The second kappa shape index (κ2) is 5.34. The molecule has 112 valence electrons. The lowest BCUT2D eigenvalue weighted by Crippen LogP contribution is -2.43. The van der Waals surface area contributed by atoms with Crippen LogP contribution in [0.5, 0.6) is 0 Å². The molecule has 1 atom stereocenters. The highest BCUT2D eigenvalue weighted by molar-refractivity contribution is 6.30. The Morgan fingerprint density at radius 1 is 1.38 bits per heavy atom. The van der Waals surface area contributed by atoms with Gasteiger partial charge in [0.25, 0.3) is 0 Å². The lowest BCUT2D eigenvalue weighted by molar-refractivity contribution is -0.140. The molecule has 1 aromatic carbocycles. The van der Waals surface area contributed by atoms with Gasteiger partial charge in [-0.3, -0.25) is 9.59 Å². The van der Waals surface area contributed by atoms with E-state index in [4.69, 9.17) is 16.7 Å². The third-order valence-electron chi connectivity index (χ3n) is 4.58. The standard InChI is InChI=1S/C16H18ClNO3/c17-12-4-1-3-11(9-12)16(6-7-16)15(21)18-8-2-5-13(18)10-14(19)20/h1,3-4,9,13H,2,5-8,10H2,(H,19,20). The first-order chi connectivity index (χ1) is 10.0. The van der Waals surface area contributed by atoms with Crippen LogP contribution in [0.1, 0.15) is 37.7 Å².